The highest BCUT2D eigenvalue weighted by Gasteiger charge is 2.04. The molecule has 2 aromatic carbocycles. The van der Waals surface area contributed by atoms with Crippen molar-refractivity contribution in [1.82, 2.24) is 0 Å². The van der Waals surface area contributed by atoms with Crippen molar-refractivity contribution in [2.75, 3.05) is 19.0 Å². The summed E-state index contributed by atoms with van der Waals surface area (Å²) in [5.41, 5.74) is 2.48. The number of methoxy groups -OCH3 is 1. The first-order valence-corrected chi connectivity index (χ1v) is 8.35. The lowest BCUT2D eigenvalue weighted by Crippen LogP contribution is -2.01. The van der Waals surface area contributed by atoms with Gasteiger partial charge in [-0.2, -0.15) is 0 Å². The third kappa shape index (κ3) is 5.09. The molecule has 0 heterocycles. The van der Waals surface area contributed by atoms with Crippen molar-refractivity contribution in [2.24, 2.45) is 0 Å². The van der Waals surface area contributed by atoms with Crippen molar-refractivity contribution < 1.29 is 9.47 Å². The zero-order valence-electron chi connectivity index (χ0n) is 12.3. The Bertz CT molecular complexity index is 537. The van der Waals surface area contributed by atoms with Gasteiger partial charge in [-0.05, 0) is 42.2 Å². The van der Waals surface area contributed by atoms with E-state index in [1.165, 1.54) is 11.1 Å². The van der Waals surface area contributed by atoms with Gasteiger partial charge in [0.05, 0.1) is 13.7 Å². The number of hydrogen-bond acceptors (Lipinski definition) is 2. The van der Waals surface area contributed by atoms with Gasteiger partial charge in [0.25, 0.3) is 0 Å². The fourth-order valence-corrected chi connectivity index (χ4v) is 2.53. The maximum Gasteiger partial charge on any atom is 0.122 e. The number of benzene rings is 2. The van der Waals surface area contributed by atoms with Gasteiger partial charge in [-0.1, -0.05) is 46.3 Å². The Morgan fingerprint density at radius 1 is 0.952 bits per heavy atom. The second-order valence-electron chi connectivity index (χ2n) is 4.88. The molecular weight excluding hydrogens is 328 g/mol. The van der Waals surface area contributed by atoms with Crippen molar-refractivity contribution in [3.63, 3.8) is 0 Å². The molecule has 0 bridgehead atoms. The third-order valence-corrected chi connectivity index (χ3v) is 3.87. The van der Waals surface area contributed by atoms with Crippen LogP contribution < -0.4 is 9.47 Å². The van der Waals surface area contributed by atoms with E-state index in [1.54, 1.807) is 7.11 Å². The Kier molecular flexibility index (Phi) is 6.61. The van der Waals surface area contributed by atoms with Gasteiger partial charge >= 0.3 is 0 Å². The average Bonchev–Trinajstić information content (AvgIpc) is 2.54. The molecule has 0 unspecified atom stereocenters. The maximum atomic E-state index is 5.91. The van der Waals surface area contributed by atoms with E-state index in [1.807, 2.05) is 24.3 Å². The van der Waals surface area contributed by atoms with E-state index in [0.717, 1.165) is 42.7 Å². The van der Waals surface area contributed by atoms with Crippen molar-refractivity contribution in [2.45, 2.75) is 19.3 Å². The van der Waals surface area contributed by atoms with Crippen LogP contribution in [0.2, 0.25) is 0 Å². The van der Waals surface area contributed by atoms with Crippen molar-refractivity contribution >= 4 is 15.9 Å². The summed E-state index contributed by atoms with van der Waals surface area (Å²) in [7, 11) is 1.69. The summed E-state index contributed by atoms with van der Waals surface area (Å²) in [6, 6.07) is 16.4. The summed E-state index contributed by atoms with van der Waals surface area (Å²) in [4.78, 5) is 0. The highest BCUT2D eigenvalue weighted by molar-refractivity contribution is 9.09. The van der Waals surface area contributed by atoms with E-state index < -0.39 is 0 Å². The molecule has 2 aromatic rings. The van der Waals surface area contributed by atoms with Gasteiger partial charge in [0, 0.05) is 11.8 Å². The molecule has 0 atom stereocenters. The van der Waals surface area contributed by atoms with Crippen LogP contribution in [0.1, 0.15) is 24.0 Å². The van der Waals surface area contributed by atoms with Crippen LogP contribution in [0.4, 0.5) is 0 Å². The van der Waals surface area contributed by atoms with Crippen LogP contribution in [0, 0.1) is 0 Å². The van der Waals surface area contributed by atoms with Crippen LogP contribution >= 0.6 is 15.9 Å². The Labute approximate surface area is 135 Å². The molecule has 0 aromatic heterocycles. The van der Waals surface area contributed by atoms with Crippen LogP contribution in [0.25, 0.3) is 0 Å². The first-order valence-electron chi connectivity index (χ1n) is 7.23. The Morgan fingerprint density at radius 3 is 2.43 bits per heavy atom. The SMILES string of the molecule is COc1ccc(Cc2ccccc2OCCCCBr)cc1. The molecule has 0 aliphatic carbocycles. The fraction of sp³-hybridized carbons (Fsp3) is 0.333. The van der Waals surface area contributed by atoms with Crippen LogP contribution in [-0.4, -0.2) is 19.0 Å². The van der Waals surface area contributed by atoms with Crippen LogP contribution in [-0.2, 0) is 6.42 Å². The number of alkyl halides is 1. The van der Waals surface area contributed by atoms with E-state index in [2.05, 4.69) is 40.2 Å². The second-order valence-corrected chi connectivity index (χ2v) is 5.67. The molecule has 0 saturated heterocycles. The van der Waals surface area contributed by atoms with E-state index in [0.29, 0.717) is 0 Å². The summed E-state index contributed by atoms with van der Waals surface area (Å²) in [6.07, 6.45) is 3.08. The highest BCUT2D eigenvalue weighted by Crippen LogP contribution is 2.23. The normalized spacial score (nSPS) is 10.4. The van der Waals surface area contributed by atoms with E-state index in [9.17, 15) is 0 Å². The first-order chi connectivity index (χ1) is 10.3. The fourth-order valence-electron chi connectivity index (χ4n) is 2.13. The lowest BCUT2D eigenvalue weighted by atomic mass is 10.0. The monoisotopic (exact) mass is 348 g/mol. The molecule has 21 heavy (non-hydrogen) atoms. The minimum absolute atomic E-state index is 0.769. The average molecular weight is 349 g/mol. The number of ether oxygens (including phenoxy) is 2. The van der Waals surface area contributed by atoms with Gasteiger partial charge in [-0.25, -0.2) is 0 Å². The van der Waals surface area contributed by atoms with Crippen molar-refractivity contribution in [3.05, 3.63) is 59.7 Å². The Morgan fingerprint density at radius 2 is 1.71 bits per heavy atom. The van der Waals surface area contributed by atoms with E-state index in [-0.39, 0.29) is 0 Å². The summed E-state index contributed by atoms with van der Waals surface area (Å²) < 4.78 is 11.1. The lowest BCUT2D eigenvalue weighted by Gasteiger charge is -2.11. The predicted molar refractivity (Wildman–Crippen MR) is 90.8 cm³/mol. The quantitative estimate of drug-likeness (QED) is 0.502. The standard InChI is InChI=1S/C18H21BrO2/c1-20-17-10-8-15(9-11-17)14-16-6-2-3-7-18(16)21-13-5-4-12-19/h2-3,6-11H,4-5,12-14H2,1H3. The Hall–Kier alpha value is -1.48. The number of hydrogen-bond donors (Lipinski definition) is 0. The summed E-state index contributed by atoms with van der Waals surface area (Å²) >= 11 is 3.44. The van der Waals surface area contributed by atoms with E-state index in [4.69, 9.17) is 9.47 Å². The minimum atomic E-state index is 0.769. The van der Waals surface area contributed by atoms with Gasteiger partial charge < -0.3 is 9.47 Å². The molecule has 0 fully saturated rings. The molecule has 2 rings (SSSR count). The van der Waals surface area contributed by atoms with Crippen LogP contribution in [0.5, 0.6) is 11.5 Å². The zero-order valence-corrected chi connectivity index (χ0v) is 13.9. The maximum absolute atomic E-state index is 5.91. The lowest BCUT2D eigenvalue weighted by molar-refractivity contribution is 0.307. The molecule has 0 spiro atoms. The largest absolute Gasteiger partial charge is 0.497 e. The van der Waals surface area contributed by atoms with Gasteiger partial charge in [-0.3, -0.25) is 0 Å². The zero-order chi connectivity index (χ0) is 14.9. The van der Waals surface area contributed by atoms with E-state index >= 15 is 0 Å². The van der Waals surface area contributed by atoms with Crippen molar-refractivity contribution in [1.29, 1.82) is 0 Å². The predicted octanol–water partition coefficient (Wildman–Crippen LogP) is 4.84. The molecule has 0 aliphatic rings. The number of unbranched alkanes of at least 4 members (excludes halogenated alkanes) is 1. The highest BCUT2D eigenvalue weighted by atomic mass is 79.9. The van der Waals surface area contributed by atoms with Gasteiger partial charge in [-0.15, -0.1) is 0 Å². The van der Waals surface area contributed by atoms with Crippen molar-refractivity contribution in [3.8, 4) is 11.5 Å². The molecule has 0 amide bonds. The van der Waals surface area contributed by atoms with Crippen LogP contribution in [0.3, 0.4) is 0 Å². The molecule has 0 aliphatic heterocycles. The Balaban J connectivity index is 2.01. The smallest absolute Gasteiger partial charge is 0.122 e. The topological polar surface area (TPSA) is 18.5 Å². The van der Waals surface area contributed by atoms with Gasteiger partial charge in [0.2, 0.25) is 0 Å². The number of para-hydroxylation sites is 1. The first kappa shape index (κ1) is 15.9. The molecule has 0 radical (unpaired) electrons. The second kappa shape index (κ2) is 8.73. The molecule has 2 nitrogen and oxygen atoms in total. The molecule has 0 N–H and O–H groups in total. The molecule has 3 heteroatoms. The summed E-state index contributed by atoms with van der Waals surface area (Å²) in [6.45, 7) is 0.769. The van der Waals surface area contributed by atoms with Gasteiger partial charge in [0.1, 0.15) is 11.5 Å². The van der Waals surface area contributed by atoms with Crippen LogP contribution in [0.15, 0.2) is 48.5 Å². The van der Waals surface area contributed by atoms with Gasteiger partial charge in [0.15, 0.2) is 0 Å². The number of rotatable bonds is 8. The third-order valence-electron chi connectivity index (χ3n) is 3.31. The molecular formula is C18H21BrO2. The number of halogens is 1. The molecule has 0 saturated carbocycles. The molecule has 112 valence electrons. The summed E-state index contributed by atoms with van der Waals surface area (Å²) in [5.74, 6) is 1.88. The minimum Gasteiger partial charge on any atom is -0.497 e. The summed E-state index contributed by atoms with van der Waals surface area (Å²) in [5, 5.41) is 1.03.